The van der Waals surface area contributed by atoms with Crippen molar-refractivity contribution in [3.05, 3.63) is 47.8 Å². The number of aliphatic hydroxyl groups excluding tert-OH is 1. The summed E-state index contributed by atoms with van der Waals surface area (Å²) in [5.74, 6) is 0. The van der Waals surface area contributed by atoms with Crippen LogP contribution in [-0.4, -0.2) is 14.9 Å². The number of aliphatic hydroxyl groups is 1. The summed E-state index contributed by atoms with van der Waals surface area (Å²) >= 11 is 0. The minimum Gasteiger partial charge on any atom is -0.398 e. The van der Waals surface area contributed by atoms with Crippen molar-refractivity contribution in [3.63, 3.8) is 0 Å². The Hall–Kier alpha value is -1.81. The molecule has 0 radical (unpaired) electrons. The third-order valence-electron chi connectivity index (χ3n) is 2.43. The molecule has 0 fully saturated rings. The lowest BCUT2D eigenvalue weighted by atomic mass is 10.0. The largest absolute Gasteiger partial charge is 0.398 e. The van der Waals surface area contributed by atoms with E-state index in [1.165, 1.54) is 0 Å². The van der Waals surface area contributed by atoms with E-state index in [0.717, 1.165) is 5.69 Å². The quantitative estimate of drug-likeness (QED) is 0.718. The molecule has 0 spiro atoms. The van der Waals surface area contributed by atoms with Gasteiger partial charge in [0, 0.05) is 24.5 Å². The Balaban J connectivity index is 2.41. The van der Waals surface area contributed by atoms with E-state index in [1.54, 1.807) is 30.1 Å². The second kappa shape index (κ2) is 3.74. The molecule has 15 heavy (non-hydrogen) atoms. The number of aryl methyl sites for hydroxylation is 1. The topological polar surface area (TPSA) is 64.1 Å². The van der Waals surface area contributed by atoms with Crippen molar-refractivity contribution >= 4 is 5.69 Å². The first-order chi connectivity index (χ1) is 7.20. The molecule has 0 bridgehead atoms. The fourth-order valence-electron chi connectivity index (χ4n) is 1.57. The van der Waals surface area contributed by atoms with Gasteiger partial charge in [0.2, 0.25) is 0 Å². The Labute approximate surface area is 88.0 Å². The van der Waals surface area contributed by atoms with Crippen LogP contribution in [0, 0.1) is 0 Å². The molecule has 4 nitrogen and oxygen atoms in total. The van der Waals surface area contributed by atoms with Crippen LogP contribution < -0.4 is 5.73 Å². The Bertz CT molecular complexity index is 464. The van der Waals surface area contributed by atoms with E-state index in [-0.39, 0.29) is 0 Å². The Morgan fingerprint density at radius 1 is 1.33 bits per heavy atom. The number of nitrogens with two attached hydrogens (primary N) is 1. The fourth-order valence-corrected chi connectivity index (χ4v) is 1.57. The second-order valence-electron chi connectivity index (χ2n) is 3.41. The molecular formula is C11H13N3O. The van der Waals surface area contributed by atoms with Gasteiger partial charge in [0.15, 0.2) is 0 Å². The molecule has 1 unspecified atom stereocenters. The molecule has 1 aromatic heterocycles. The molecule has 0 saturated carbocycles. The molecule has 3 N–H and O–H groups in total. The predicted molar refractivity (Wildman–Crippen MR) is 58.1 cm³/mol. The summed E-state index contributed by atoms with van der Waals surface area (Å²) in [6, 6.07) is 9.05. The van der Waals surface area contributed by atoms with E-state index in [1.807, 2.05) is 18.2 Å². The maximum absolute atomic E-state index is 10.1. The number of hydrogen-bond donors (Lipinski definition) is 2. The minimum atomic E-state index is -0.723. The summed E-state index contributed by atoms with van der Waals surface area (Å²) in [6.45, 7) is 0. The lowest BCUT2D eigenvalue weighted by Crippen LogP contribution is -2.08. The van der Waals surface area contributed by atoms with Crippen LogP contribution in [0.4, 0.5) is 5.69 Å². The summed E-state index contributed by atoms with van der Waals surface area (Å²) in [5, 5.41) is 14.1. The Kier molecular flexibility index (Phi) is 2.43. The number of para-hydroxylation sites is 1. The first kappa shape index (κ1) is 9.73. The average Bonchev–Trinajstić information content (AvgIpc) is 2.64. The van der Waals surface area contributed by atoms with Gasteiger partial charge in [-0.2, -0.15) is 5.10 Å². The monoisotopic (exact) mass is 203 g/mol. The van der Waals surface area contributed by atoms with Gasteiger partial charge in [-0.3, -0.25) is 4.68 Å². The van der Waals surface area contributed by atoms with Crippen LogP contribution in [0.3, 0.4) is 0 Å². The zero-order valence-corrected chi connectivity index (χ0v) is 8.46. The van der Waals surface area contributed by atoms with Crippen LogP contribution in [0.1, 0.15) is 17.4 Å². The third kappa shape index (κ3) is 1.71. The third-order valence-corrected chi connectivity index (χ3v) is 2.43. The molecule has 2 aromatic rings. The zero-order chi connectivity index (χ0) is 10.8. The predicted octanol–water partition coefficient (Wildman–Crippen LogP) is 1.08. The highest BCUT2D eigenvalue weighted by atomic mass is 16.3. The molecule has 1 atom stereocenters. The highest BCUT2D eigenvalue weighted by molar-refractivity contribution is 5.49. The van der Waals surface area contributed by atoms with Crippen LogP contribution >= 0.6 is 0 Å². The van der Waals surface area contributed by atoms with E-state index in [9.17, 15) is 5.11 Å². The number of anilines is 1. The van der Waals surface area contributed by atoms with Crippen molar-refractivity contribution in [2.75, 3.05) is 5.73 Å². The number of nitrogens with zero attached hydrogens (tertiary/aromatic N) is 2. The Morgan fingerprint density at radius 2 is 2.07 bits per heavy atom. The molecule has 1 heterocycles. The number of hydrogen-bond acceptors (Lipinski definition) is 3. The van der Waals surface area contributed by atoms with Gasteiger partial charge in [-0.05, 0) is 12.1 Å². The average molecular weight is 203 g/mol. The summed E-state index contributed by atoms with van der Waals surface area (Å²) in [5.41, 5.74) is 7.82. The molecule has 4 heteroatoms. The van der Waals surface area contributed by atoms with Gasteiger partial charge in [-0.15, -0.1) is 0 Å². The van der Waals surface area contributed by atoms with E-state index >= 15 is 0 Å². The lowest BCUT2D eigenvalue weighted by Gasteiger charge is -2.13. The van der Waals surface area contributed by atoms with Crippen molar-refractivity contribution in [3.8, 4) is 0 Å². The van der Waals surface area contributed by atoms with Crippen LogP contribution in [0.2, 0.25) is 0 Å². The van der Waals surface area contributed by atoms with Gasteiger partial charge in [0.25, 0.3) is 0 Å². The number of rotatable bonds is 2. The van der Waals surface area contributed by atoms with Gasteiger partial charge < -0.3 is 10.8 Å². The highest BCUT2D eigenvalue weighted by Crippen LogP contribution is 2.25. The highest BCUT2D eigenvalue weighted by Gasteiger charge is 2.15. The minimum absolute atomic E-state index is 0.589. The molecule has 0 amide bonds. The van der Waals surface area contributed by atoms with Crippen molar-refractivity contribution < 1.29 is 5.11 Å². The zero-order valence-electron chi connectivity index (χ0n) is 8.46. The lowest BCUT2D eigenvalue weighted by molar-refractivity contribution is 0.210. The number of benzene rings is 1. The summed E-state index contributed by atoms with van der Waals surface area (Å²) in [6.07, 6.45) is 0.927. The van der Waals surface area contributed by atoms with Gasteiger partial charge >= 0.3 is 0 Å². The van der Waals surface area contributed by atoms with Crippen LogP contribution in [0.15, 0.2) is 36.5 Å². The van der Waals surface area contributed by atoms with Gasteiger partial charge in [0.05, 0.1) is 5.69 Å². The van der Waals surface area contributed by atoms with Crippen LogP contribution in [-0.2, 0) is 7.05 Å². The smallest absolute Gasteiger partial charge is 0.123 e. The van der Waals surface area contributed by atoms with E-state index in [4.69, 9.17) is 5.73 Å². The molecule has 2 rings (SSSR count). The van der Waals surface area contributed by atoms with Crippen molar-refractivity contribution in [1.82, 2.24) is 9.78 Å². The number of aromatic nitrogens is 2. The van der Waals surface area contributed by atoms with Crippen molar-refractivity contribution in [1.29, 1.82) is 0 Å². The molecule has 78 valence electrons. The maximum Gasteiger partial charge on any atom is 0.123 e. The first-order valence-corrected chi connectivity index (χ1v) is 4.70. The molecule has 0 aliphatic rings. The maximum atomic E-state index is 10.1. The molecule has 0 saturated heterocycles. The molecule has 1 aromatic carbocycles. The number of nitrogen functional groups attached to an aromatic ring is 1. The first-order valence-electron chi connectivity index (χ1n) is 4.70. The molecule has 0 aliphatic carbocycles. The molecular weight excluding hydrogens is 190 g/mol. The van der Waals surface area contributed by atoms with Crippen molar-refractivity contribution in [2.45, 2.75) is 6.10 Å². The summed E-state index contributed by atoms with van der Waals surface area (Å²) < 4.78 is 1.64. The normalized spacial score (nSPS) is 12.7. The standard InChI is InChI=1S/C11H13N3O/c1-14-10(6-7-13-14)11(15)8-4-2-3-5-9(8)12/h2-7,11,15H,12H2,1H3. The van der Waals surface area contributed by atoms with Gasteiger partial charge in [0.1, 0.15) is 6.10 Å². The van der Waals surface area contributed by atoms with Gasteiger partial charge in [-0.25, -0.2) is 0 Å². The Morgan fingerprint density at radius 3 is 2.67 bits per heavy atom. The SMILES string of the molecule is Cn1nccc1C(O)c1ccccc1N. The van der Waals surface area contributed by atoms with E-state index in [2.05, 4.69) is 5.10 Å². The second-order valence-corrected chi connectivity index (χ2v) is 3.41. The van der Waals surface area contributed by atoms with Gasteiger partial charge in [-0.1, -0.05) is 18.2 Å². The summed E-state index contributed by atoms with van der Waals surface area (Å²) in [4.78, 5) is 0. The summed E-state index contributed by atoms with van der Waals surface area (Å²) in [7, 11) is 1.79. The van der Waals surface area contributed by atoms with E-state index in [0.29, 0.717) is 11.3 Å². The van der Waals surface area contributed by atoms with Crippen molar-refractivity contribution in [2.24, 2.45) is 7.05 Å². The fraction of sp³-hybridized carbons (Fsp3) is 0.182. The van der Waals surface area contributed by atoms with Crippen LogP contribution in [0.5, 0.6) is 0 Å². The molecule has 0 aliphatic heterocycles. The van der Waals surface area contributed by atoms with Crippen LogP contribution in [0.25, 0.3) is 0 Å². The van der Waals surface area contributed by atoms with E-state index < -0.39 is 6.10 Å².